The molecule has 31 heavy (non-hydrogen) atoms. The molecule has 0 atom stereocenters. The van der Waals surface area contributed by atoms with Crippen molar-refractivity contribution in [2.45, 2.75) is 18.8 Å². The van der Waals surface area contributed by atoms with Crippen molar-refractivity contribution >= 4 is 38.4 Å². The molecular weight excluding hydrogens is 436 g/mol. The van der Waals surface area contributed by atoms with Crippen LogP contribution in [0.15, 0.2) is 48.5 Å². The van der Waals surface area contributed by atoms with E-state index in [1.807, 2.05) is 47.4 Å². The zero-order valence-corrected chi connectivity index (χ0v) is 18.9. The average Bonchev–Trinajstić information content (AvgIpc) is 3.04. The molecule has 7 nitrogen and oxygen atoms in total. The summed E-state index contributed by atoms with van der Waals surface area (Å²) in [6.45, 7) is 3.70. The third kappa shape index (κ3) is 5.44. The molecule has 1 fully saturated rings. The number of para-hydroxylation sites is 2. The molecule has 0 aliphatic carbocycles. The highest BCUT2D eigenvalue weighted by atomic mass is 35.5. The third-order valence-corrected chi connectivity index (χ3v) is 6.46. The maximum absolute atomic E-state index is 13.0. The van der Waals surface area contributed by atoms with Crippen LogP contribution in [0.25, 0.3) is 11.0 Å². The summed E-state index contributed by atoms with van der Waals surface area (Å²) in [5.41, 5.74) is 2.62. The number of carbonyl (C=O) groups excluding carboxylic acids is 1. The van der Waals surface area contributed by atoms with Gasteiger partial charge in [-0.25, -0.2) is 13.4 Å². The molecule has 1 aromatic heterocycles. The fraction of sp³-hybridized carbons (Fsp3) is 0.364. The van der Waals surface area contributed by atoms with Gasteiger partial charge in [0.25, 0.3) is 0 Å². The highest BCUT2D eigenvalue weighted by Gasteiger charge is 2.24. The van der Waals surface area contributed by atoms with Crippen LogP contribution >= 0.6 is 11.6 Å². The lowest BCUT2D eigenvalue weighted by atomic mass is 10.2. The standard InChI is InChI=1S/C22H25ClN4O3S/c1-31(29,30)16-21-24-19-7-2-3-8-20(19)27(21)15-22(28)26-11-9-25(10-12-26)14-17-5-4-6-18(23)13-17/h2-8,13H,9-12,14-16H2,1H3. The first-order chi connectivity index (χ1) is 14.8. The van der Waals surface area contributed by atoms with E-state index in [2.05, 4.69) is 16.0 Å². The second-order valence-corrected chi connectivity index (χ2v) is 10.5. The van der Waals surface area contributed by atoms with Crippen molar-refractivity contribution < 1.29 is 13.2 Å². The first-order valence-electron chi connectivity index (χ1n) is 10.1. The Morgan fingerprint density at radius 2 is 1.81 bits per heavy atom. The SMILES string of the molecule is CS(=O)(=O)Cc1nc2ccccc2n1CC(=O)N1CCN(Cc2cccc(Cl)c2)CC1. The predicted octanol–water partition coefficient (Wildman–Crippen LogP) is 2.58. The Hall–Kier alpha value is -2.42. The van der Waals surface area contributed by atoms with Gasteiger partial charge in [-0.1, -0.05) is 35.9 Å². The van der Waals surface area contributed by atoms with Gasteiger partial charge in [0.05, 0.1) is 11.0 Å². The number of halogens is 1. The van der Waals surface area contributed by atoms with E-state index in [4.69, 9.17) is 11.6 Å². The zero-order chi connectivity index (χ0) is 22.0. The van der Waals surface area contributed by atoms with Crippen LogP contribution in [0.1, 0.15) is 11.4 Å². The highest BCUT2D eigenvalue weighted by molar-refractivity contribution is 7.89. The summed E-state index contributed by atoms with van der Waals surface area (Å²) in [6, 6.07) is 15.2. The summed E-state index contributed by atoms with van der Waals surface area (Å²) >= 11 is 6.07. The van der Waals surface area contributed by atoms with Crippen LogP contribution in [0.2, 0.25) is 5.02 Å². The minimum absolute atomic E-state index is 0.0275. The second-order valence-electron chi connectivity index (χ2n) is 7.96. The molecule has 1 aliphatic rings. The smallest absolute Gasteiger partial charge is 0.242 e. The fourth-order valence-corrected chi connectivity index (χ4v) is 4.83. The van der Waals surface area contributed by atoms with Crippen LogP contribution in [-0.4, -0.2) is 66.1 Å². The van der Waals surface area contributed by atoms with Gasteiger partial charge >= 0.3 is 0 Å². The maximum Gasteiger partial charge on any atom is 0.242 e. The Morgan fingerprint density at radius 1 is 1.06 bits per heavy atom. The minimum atomic E-state index is -3.27. The van der Waals surface area contributed by atoms with Crippen LogP contribution in [0.3, 0.4) is 0 Å². The average molecular weight is 461 g/mol. The number of fused-ring (bicyclic) bond motifs is 1. The zero-order valence-electron chi connectivity index (χ0n) is 17.4. The lowest BCUT2D eigenvalue weighted by Gasteiger charge is -2.35. The molecule has 0 N–H and O–H groups in total. The number of aromatic nitrogens is 2. The van der Waals surface area contributed by atoms with Crippen molar-refractivity contribution in [3.05, 3.63) is 64.9 Å². The molecule has 164 valence electrons. The Labute approximate surface area is 187 Å². The largest absolute Gasteiger partial charge is 0.339 e. The number of nitrogens with zero attached hydrogens (tertiary/aromatic N) is 4. The third-order valence-electron chi connectivity index (χ3n) is 5.44. The van der Waals surface area contributed by atoms with Gasteiger partial charge in [-0.2, -0.15) is 0 Å². The molecule has 0 bridgehead atoms. The quantitative estimate of drug-likeness (QED) is 0.565. The molecule has 3 aromatic rings. The number of piperazine rings is 1. The number of hydrogen-bond donors (Lipinski definition) is 0. The Morgan fingerprint density at radius 3 is 2.52 bits per heavy atom. The van der Waals surface area contributed by atoms with E-state index in [1.54, 1.807) is 4.57 Å². The number of rotatable bonds is 6. The van der Waals surface area contributed by atoms with Crippen LogP contribution in [0.5, 0.6) is 0 Å². The second kappa shape index (κ2) is 8.98. The van der Waals surface area contributed by atoms with E-state index in [9.17, 15) is 13.2 Å². The van der Waals surface area contributed by atoms with E-state index in [-0.39, 0.29) is 18.2 Å². The van der Waals surface area contributed by atoms with Gasteiger partial charge < -0.3 is 9.47 Å². The van der Waals surface area contributed by atoms with E-state index in [0.29, 0.717) is 24.4 Å². The fourth-order valence-electron chi connectivity index (χ4n) is 3.93. The van der Waals surface area contributed by atoms with E-state index in [1.165, 1.54) is 6.26 Å². The number of hydrogen-bond acceptors (Lipinski definition) is 5. The van der Waals surface area contributed by atoms with Crippen molar-refractivity contribution in [2.75, 3.05) is 32.4 Å². The van der Waals surface area contributed by atoms with Gasteiger partial charge in [-0.05, 0) is 29.8 Å². The van der Waals surface area contributed by atoms with Crippen molar-refractivity contribution in [1.82, 2.24) is 19.4 Å². The number of benzene rings is 2. The summed E-state index contributed by atoms with van der Waals surface area (Å²) < 4.78 is 25.5. The molecule has 1 saturated heterocycles. The first-order valence-corrected chi connectivity index (χ1v) is 12.6. The molecule has 1 aliphatic heterocycles. The van der Waals surface area contributed by atoms with Crippen LogP contribution in [0.4, 0.5) is 0 Å². The summed E-state index contributed by atoms with van der Waals surface area (Å²) in [7, 11) is -3.27. The van der Waals surface area contributed by atoms with Gasteiger partial charge in [0.1, 0.15) is 18.1 Å². The first kappa shape index (κ1) is 21.8. The Kier molecular flexibility index (Phi) is 6.31. The van der Waals surface area contributed by atoms with Gasteiger partial charge in [-0.15, -0.1) is 0 Å². The van der Waals surface area contributed by atoms with Gasteiger partial charge in [-0.3, -0.25) is 9.69 Å². The number of sulfone groups is 1. The van der Waals surface area contributed by atoms with E-state index >= 15 is 0 Å². The summed E-state index contributed by atoms with van der Waals surface area (Å²) in [6.07, 6.45) is 1.18. The molecule has 2 aromatic carbocycles. The normalized spacial score (nSPS) is 15.5. The Bertz CT molecular complexity index is 1200. The molecule has 0 unspecified atom stereocenters. The maximum atomic E-state index is 13.0. The topological polar surface area (TPSA) is 75.5 Å². The molecule has 0 saturated carbocycles. The molecule has 4 rings (SSSR count). The minimum Gasteiger partial charge on any atom is -0.339 e. The van der Waals surface area contributed by atoms with Crippen molar-refractivity contribution in [3.8, 4) is 0 Å². The van der Waals surface area contributed by atoms with Crippen LogP contribution in [0, 0.1) is 0 Å². The molecule has 1 amide bonds. The lowest BCUT2D eigenvalue weighted by Crippen LogP contribution is -2.49. The van der Waals surface area contributed by atoms with E-state index < -0.39 is 9.84 Å². The van der Waals surface area contributed by atoms with Gasteiger partial charge in [0, 0.05) is 44.0 Å². The Balaban J connectivity index is 1.43. The predicted molar refractivity (Wildman–Crippen MR) is 122 cm³/mol. The van der Waals surface area contributed by atoms with E-state index in [0.717, 1.165) is 35.7 Å². The number of amides is 1. The monoisotopic (exact) mass is 460 g/mol. The van der Waals surface area contributed by atoms with Crippen molar-refractivity contribution in [2.24, 2.45) is 0 Å². The number of carbonyl (C=O) groups is 1. The summed E-state index contributed by atoms with van der Waals surface area (Å²) in [4.78, 5) is 21.6. The highest BCUT2D eigenvalue weighted by Crippen LogP contribution is 2.19. The lowest BCUT2D eigenvalue weighted by molar-refractivity contribution is -0.133. The van der Waals surface area contributed by atoms with Crippen molar-refractivity contribution in [3.63, 3.8) is 0 Å². The van der Waals surface area contributed by atoms with Gasteiger partial charge in [0.2, 0.25) is 5.91 Å². The summed E-state index contributed by atoms with van der Waals surface area (Å²) in [5, 5.41) is 0.726. The van der Waals surface area contributed by atoms with Crippen molar-refractivity contribution in [1.29, 1.82) is 0 Å². The number of imidazole rings is 1. The van der Waals surface area contributed by atoms with Crippen LogP contribution < -0.4 is 0 Å². The van der Waals surface area contributed by atoms with Crippen LogP contribution in [-0.2, 0) is 33.5 Å². The molecular formula is C22H25ClN4O3S. The molecule has 0 radical (unpaired) electrons. The molecule has 9 heteroatoms. The molecule has 2 heterocycles. The van der Waals surface area contributed by atoms with Gasteiger partial charge in [0.15, 0.2) is 9.84 Å². The summed E-state index contributed by atoms with van der Waals surface area (Å²) in [5.74, 6) is 0.180. The molecule has 0 spiro atoms.